The van der Waals surface area contributed by atoms with Gasteiger partial charge in [-0.2, -0.15) is 0 Å². The summed E-state index contributed by atoms with van der Waals surface area (Å²) in [5.74, 6) is -1.18. The number of carbonyl (C=O) groups excluding carboxylic acids is 4. The molecule has 1 N–H and O–H groups in total. The van der Waals surface area contributed by atoms with E-state index < -0.39 is 5.91 Å². The second-order valence-corrected chi connectivity index (χ2v) is 7.31. The van der Waals surface area contributed by atoms with Crippen LogP contribution in [0.15, 0.2) is 42.5 Å². The van der Waals surface area contributed by atoms with Crippen LogP contribution in [0, 0.1) is 0 Å². The van der Waals surface area contributed by atoms with Crippen LogP contribution in [-0.2, 0) is 11.3 Å². The lowest BCUT2D eigenvalue weighted by Crippen LogP contribution is -2.31. The van der Waals surface area contributed by atoms with E-state index in [0.29, 0.717) is 36.3 Å². The molecule has 2 aromatic carbocycles. The molecule has 0 saturated heterocycles. The molecule has 0 aromatic heterocycles. The van der Waals surface area contributed by atoms with Gasteiger partial charge in [-0.15, -0.1) is 0 Å². The second kappa shape index (κ2) is 9.53. The van der Waals surface area contributed by atoms with E-state index in [1.54, 1.807) is 51.5 Å². The summed E-state index contributed by atoms with van der Waals surface area (Å²) >= 11 is 0. The summed E-state index contributed by atoms with van der Waals surface area (Å²) in [5.41, 5.74) is 2.29. The Morgan fingerprint density at radius 2 is 1.65 bits per heavy atom. The molecule has 3 rings (SSSR count). The summed E-state index contributed by atoms with van der Waals surface area (Å²) < 4.78 is 4.98. The summed E-state index contributed by atoms with van der Waals surface area (Å²) in [4.78, 5) is 52.4. The van der Waals surface area contributed by atoms with Crippen LogP contribution in [0.3, 0.4) is 0 Å². The first-order valence-corrected chi connectivity index (χ1v) is 9.93. The third-order valence-corrected chi connectivity index (χ3v) is 5.16. The maximum atomic E-state index is 12.9. The van der Waals surface area contributed by atoms with Gasteiger partial charge < -0.3 is 15.0 Å². The fraction of sp³-hybridized carbons (Fsp3) is 0.304. The van der Waals surface area contributed by atoms with Crippen LogP contribution >= 0.6 is 0 Å². The number of nitrogens with one attached hydrogen (secondary N) is 1. The minimum atomic E-state index is -0.391. The number of imide groups is 1. The van der Waals surface area contributed by atoms with Crippen molar-refractivity contribution in [3.8, 4) is 0 Å². The summed E-state index contributed by atoms with van der Waals surface area (Å²) in [6.07, 6.45) is 0.551. The number of benzene rings is 2. The van der Waals surface area contributed by atoms with Crippen molar-refractivity contribution in [2.24, 2.45) is 0 Å². The molecule has 2 aromatic rings. The van der Waals surface area contributed by atoms with Gasteiger partial charge in [-0.25, -0.2) is 0 Å². The molecule has 0 spiro atoms. The van der Waals surface area contributed by atoms with Gasteiger partial charge in [0.25, 0.3) is 23.6 Å². The van der Waals surface area contributed by atoms with Crippen LogP contribution in [0.25, 0.3) is 0 Å². The topological polar surface area (TPSA) is 96.0 Å². The number of methoxy groups -OCH3 is 1. The van der Waals surface area contributed by atoms with Gasteiger partial charge in [0.15, 0.2) is 0 Å². The molecule has 4 amide bonds. The first-order chi connectivity index (χ1) is 14.9. The zero-order chi connectivity index (χ0) is 22.5. The molecular formula is C23H25N3O5. The Morgan fingerprint density at radius 1 is 1.00 bits per heavy atom. The number of fused-ring (bicyclic) bond motifs is 1. The summed E-state index contributed by atoms with van der Waals surface area (Å²) in [6.45, 7) is 1.06. The number of hydrogen-bond donors (Lipinski definition) is 1. The van der Waals surface area contributed by atoms with Crippen LogP contribution in [-0.4, -0.2) is 67.8 Å². The van der Waals surface area contributed by atoms with Gasteiger partial charge in [0.05, 0.1) is 11.1 Å². The van der Waals surface area contributed by atoms with E-state index in [0.717, 1.165) is 5.56 Å². The molecule has 0 atom stereocenters. The Hall–Kier alpha value is -3.52. The molecule has 0 fully saturated rings. The summed E-state index contributed by atoms with van der Waals surface area (Å²) in [5, 5.41) is 2.56. The molecule has 8 nitrogen and oxygen atoms in total. The molecule has 0 saturated carbocycles. The van der Waals surface area contributed by atoms with Crippen molar-refractivity contribution in [1.29, 1.82) is 0 Å². The van der Waals surface area contributed by atoms with Crippen molar-refractivity contribution in [3.63, 3.8) is 0 Å². The fourth-order valence-corrected chi connectivity index (χ4v) is 3.47. The van der Waals surface area contributed by atoms with Gasteiger partial charge in [-0.1, -0.05) is 12.1 Å². The van der Waals surface area contributed by atoms with Gasteiger partial charge in [0.1, 0.15) is 0 Å². The molecule has 0 unspecified atom stereocenters. The highest BCUT2D eigenvalue weighted by Crippen LogP contribution is 2.25. The molecule has 162 valence electrons. The molecule has 31 heavy (non-hydrogen) atoms. The highest BCUT2D eigenvalue weighted by Gasteiger charge is 2.35. The van der Waals surface area contributed by atoms with Crippen molar-refractivity contribution in [2.45, 2.75) is 13.0 Å². The van der Waals surface area contributed by atoms with Crippen molar-refractivity contribution >= 4 is 23.6 Å². The Morgan fingerprint density at radius 3 is 2.29 bits per heavy atom. The SMILES string of the molecule is CNC(=O)c1ccc(CN(C)C(=O)c2ccc3c(c2)C(=O)N(CCCOC)C3=O)cc1. The second-order valence-electron chi connectivity index (χ2n) is 7.31. The first-order valence-electron chi connectivity index (χ1n) is 9.93. The van der Waals surface area contributed by atoms with Crippen LogP contribution < -0.4 is 5.32 Å². The largest absolute Gasteiger partial charge is 0.385 e. The molecular weight excluding hydrogens is 398 g/mol. The quantitative estimate of drug-likeness (QED) is 0.517. The Balaban J connectivity index is 1.71. The van der Waals surface area contributed by atoms with E-state index in [1.165, 1.54) is 21.9 Å². The van der Waals surface area contributed by atoms with Gasteiger partial charge in [0.2, 0.25) is 0 Å². The normalized spacial score (nSPS) is 12.7. The van der Waals surface area contributed by atoms with Crippen molar-refractivity contribution < 1.29 is 23.9 Å². The van der Waals surface area contributed by atoms with Gasteiger partial charge in [-0.3, -0.25) is 24.1 Å². The zero-order valence-corrected chi connectivity index (χ0v) is 17.8. The number of rotatable bonds is 8. The molecule has 8 heteroatoms. The highest BCUT2D eigenvalue weighted by atomic mass is 16.5. The van der Waals surface area contributed by atoms with Crippen LogP contribution in [0.2, 0.25) is 0 Å². The minimum absolute atomic E-state index is 0.176. The van der Waals surface area contributed by atoms with E-state index in [1.807, 2.05) is 0 Å². The van der Waals surface area contributed by atoms with E-state index in [9.17, 15) is 19.2 Å². The lowest BCUT2D eigenvalue weighted by atomic mass is 10.0. The summed E-state index contributed by atoms with van der Waals surface area (Å²) in [7, 11) is 4.79. The molecule has 1 aliphatic rings. The standard InChI is InChI=1S/C23H25N3O5/c1-24-20(27)16-7-5-15(6-8-16)14-25(2)21(28)17-9-10-18-19(13-17)23(30)26(22(18)29)11-4-12-31-3/h5-10,13H,4,11-12,14H2,1-3H3,(H,24,27). The lowest BCUT2D eigenvalue weighted by Gasteiger charge is -2.18. The third kappa shape index (κ3) is 4.64. The lowest BCUT2D eigenvalue weighted by molar-refractivity contribution is 0.0638. The van der Waals surface area contributed by atoms with E-state index >= 15 is 0 Å². The summed E-state index contributed by atoms with van der Waals surface area (Å²) in [6, 6.07) is 11.6. The monoisotopic (exact) mass is 423 g/mol. The Kier molecular flexibility index (Phi) is 6.81. The number of hydrogen-bond acceptors (Lipinski definition) is 5. The fourth-order valence-electron chi connectivity index (χ4n) is 3.47. The highest BCUT2D eigenvalue weighted by molar-refractivity contribution is 6.22. The van der Waals surface area contributed by atoms with E-state index in [-0.39, 0.29) is 29.8 Å². The smallest absolute Gasteiger partial charge is 0.261 e. The predicted molar refractivity (Wildman–Crippen MR) is 114 cm³/mol. The maximum Gasteiger partial charge on any atom is 0.261 e. The maximum absolute atomic E-state index is 12.9. The molecule has 1 aliphatic heterocycles. The van der Waals surface area contributed by atoms with Gasteiger partial charge in [-0.05, 0) is 42.3 Å². The predicted octanol–water partition coefficient (Wildman–Crippen LogP) is 1.95. The van der Waals surface area contributed by atoms with E-state index in [4.69, 9.17) is 4.74 Å². The zero-order valence-electron chi connectivity index (χ0n) is 17.8. The van der Waals surface area contributed by atoms with Crippen LogP contribution in [0.5, 0.6) is 0 Å². The number of carbonyl (C=O) groups is 4. The minimum Gasteiger partial charge on any atom is -0.385 e. The average molecular weight is 423 g/mol. The third-order valence-electron chi connectivity index (χ3n) is 5.16. The van der Waals surface area contributed by atoms with Gasteiger partial charge in [0, 0.05) is 52.0 Å². The molecule has 0 bridgehead atoms. The Bertz CT molecular complexity index is 1020. The van der Waals surface area contributed by atoms with Gasteiger partial charge >= 0.3 is 0 Å². The van der Waals surface area contributed by atoms with Crippen molar-refractivity contribution in [2.75, 3.05) is 34.4 Å². The molecule has 1 heterocycles. The van der Waals surface area contributed by atoms with E-state index in [2.05, 4.69) is 5.32 Å². The Labute approximate surface area is 180 Å². The average Bonchev–Trinajstić information content (AvgIpc) is 3.02. The van der Waals surface area contributed by atoms with Crippen LogP contribution in [0.1, 0.15) is 53.4 Å². The number of ether oxygens (including phenoxy) is 1. The number of amides is 4. The van der Waals surface area contributed by atoms with Crippen molar-refractivity contribution in [3.05, 3.63) is 70.3 Å². The molecule has 0 radical (unpaired) electrons. The first kappa shape index (κ1) is 22.2. The van der Waals surface area contributed by atoms with Crippen LogP contribution in [0.4, 0.5) is 0 Å². The van der Waals surface area contributed by atoms with Crippen molar-refractivity contribution in [1.82, 2.24) is 15.1 Å². The molecule has 0 aliphatic carbocycles. The number of nitrogens with zero attached hydrogens (tertiary/aromatic N) is 2.